The quantitative estimate of drug-likeness (QED) is 0.783. The van der Waals surface area contributed by atoms with Crippen LogP contribution in [0.25, 0.3) is 11.1 Å². The standard InChI is InChI=1S/C11H14N2OS/c1-7-13-9-5-8(10(6-15)12-2)3-4-11(9)14-7/h3-5,10,12,15H,6H2,1-2H3. The lowest BCUT2D eigenvalue weighted by atomic mass is 10.1. The average Bonchev–Trinajstić information content (AvgIpc) is 2.59. The van der Waals surface area contributed by atoms with Crippen LogP contribution < -0.4 is 5.32 Å². The Labute approximate surface area is 94.3 Å². The predicted octanol–water partition coefficient (Wildman–Crippen LogP) is 2.33. The zero-order valence-corrected chi connectivity index (χ0v) is 9.71. The first-order valence-electron chi connectivity index (χ1n) is 4.90. The molecule has 1 unspecified atom stereocenters. The Kier molecular flexibility index (Phi) is 2.98. The number of fused-ring (bicyclic) bond motifs is 1. The van der Waals surface area contributed by atoms with Gasteiger partial charge in [0.2, 0.25) is 0 Å². The van der Waals surface area contributed by atoms with Crippen molar-refractivity contribution in [3.8, 4) is 0 Å². The Hall–Kier alpha value is -1.00. The molecule has 80 valence electrons. The van der Waals surface area contributed by atoms with Gasteiger partial charge < -0.3 is 9.73 Å². The van der Waals surface area contributed by atoms with E-state index in [1.807, 2.05) is 32.2 Å². The lowest BCUT2D eigenvalue weighted by Gasteiger charge is -2.12. The van der Waals surface area contributed by atoms with Crippen LogP contribution in [0.1, 0.15) is 17.5 Å². The molecular formula is C11H14N2OS. The first-order valence-corrected chi connectivity index (χ1v) is 5.53. The molecule has 0 radical (unpaired) electrons. The fraction of sp³-hybridized carbons (Fsp3) is 0.364. The molecule has 1 atom stereocenters. The lowest BCUT2D eigenvalue weighted by molar-refractivity contribution is 0.561. The molecule has 2 aromatic rings. The summed E-state index contributed by atoms with van der Waals surface area (Å²) in [5.41, 5.74) is 2.94. The van der Waals surface area contributed by atoms with Gasteiger partial charge in [-0.3, -0.25) is 0 Å². The van der Waals surface area contributed by atoms with Crippen molar-refractivity contribution < 1.29 is 4.42 Å². The minimum Gasteiger partial charge on any atom is -0.441 e. The second-order valence-corrected chi connectivity index (χ2v) is 3.85. The molecular weight excluding hydrogens is 208 g/mol. The fourth-order valence-corrected chi connectivity index (χ4v) is 2.03. The summed E-state index contributed by atoms with van der Waals surface area (Å²) in [6.45, 7) is 1.85. The van der Waals surface area contributed by atoms with Crippen LogP contribution in [0.3, 0.4) is 0 Å². The Morgan fingerprint density at radius 3 is 3.00 bits per heavy atom. The number of rotatable bonds is 3. The summed E-state index contributed by atoms with van der Waals surface area (Å²) in [7, 11) is 1.93. The van der Waals surface area contributed by atoms with Crippen LogP contribution in [0.2, 0.25) is 0 Å². The van der Waals surface area contributed by atoms with Gasteiger partial charge in [-0.1, -0.05) is 6.07 Å². The van der Waals surface area contributed by atoms with E-state index in [1.165, 1.54) is 5.56 Å². The minimum absolute atomic E-state index is 0.259. The Morgan fingerprint density at radius 2 is 2.33 bits per heavy atom. The predicted molar refractivity (Wildman–Crippen MR) is 64.4 cm³/mol. The van der Waals surface area contributed by atoms with Gasteiger partial charge in [-0.05, 0) is 24.7 Å². The molecule has 4 heteroatoms. The van der Waals surface area contributed by atoms with E-state index in [2.05, 4.69) is 22.9 Å². The van der Waals surface area contributed by atoms with Gasteiger partial charge in [0.05, 0.1) is 0 Å². The number of thiol groups is 1. The van der Waals surface area contributed by atoms with Crippen molar-refractivity contribution in [2.45, 2.75) is 13.0 Å². The number of hydrogen-bond donors (Lipinski definition) is 2. The maximum absolute atomic E-state index is 5.42. The molecule has 0 bridgehead atoms. The Bertz CT molecular complexity index is 463. The number of aromatic nitrogens is 1. The Balaban J connectivity index is 2.45. The third-order valence-corrected chi connectivity index (χ3v) is 2.82. The van der Waals surface area contributed by atoms with Crippen molar-refractivity contribution in [2.24, 2.45) is 0 Å². The zero-order valence-electron chi connectivity index (χ0n) is 8.82. The van der Waals surface area contributed by atoms with Gasteiger partial charge in [0.15, 0.2) is 11.5 Å². The zero-order chi connectivity index (χ0) is 10.8. The van der Waals surface area contributed by atoms with E-state index in [0.29, 0.717) is 5.89 Å². The molecule has 0 saturated carbocycles. The molecule has 1 aromatic carbocycles. The molecule has 0 saturated heterocycles. The van der Waals surface area contributed by atoms with Gasteiger partial charge in [-0.25, -0.2) is 4.98 Å². The number of nitrogens with one attached hydrogen (secondary N) is 1. The molecule has 0 aliphatic carbocycles. The van der Waals surface area contributed by atoms with Gasteiger partial charge in [-0.15, -0.1) is 0 Å². The van der Waals surface area contributed by atoms with E-state index in [9.17, 15) is 0 Å². The number of benzene rings is 1. The van der Waals surface area contributed by atoms with Gasteiger partial charge in [0.1, 0.15) is 5.52 Å². The second kappa shape index (κ2) is 4.24. The van der Waals surface area contributed by atoms with E-state index in [4.69, 9.17) is 4.42 Å². The third kappa shape index (κ3) is 2.01. The highest BCUT2D eigenvalue weighted by atomic mass is 32.1. The summed E-state index contributed by atoms with van der Waals surface area (Å²) in [5, 5.41) is 3.20. The molecule has 0 aliphatic rings. The summed E-state index contributed by atoms with van der Waals surface area (Å²) in [6.07, 6.45) is 0. The highest BCUT2D eigenvalue weighted by molar-refractivity contribution is 7.80. The second-order valence-electron chi connectivity index (χ2n) is 3.48. The van der Waals surface area contributed by atoms with Crippen molar-refractivity contribution in [2.75, 3.05) is 12.8 Å². The number of oxazole rings is 1. The molecule has 0 amide bonds. The number of nitrogens with zero attached hydrogens (tertiary/aromatic N) is 1. The maximum Gasteiger partial charge on any atom is 0.192 e. The topological polar surface area (TPSA) is 38.1 Å². The van der Waals surface area contributed by atoms with Crippen molar-refractivity contribution in [1.29, 1.82) is 0 Å². The third-order valence-electron chi connectivity index (χ3n) is 2.45. The molecule has 3 nitrogen and oxygen atoms in total. The normalized spacial score (nSPS) is 13.3. The van der Waals surface area contributed by atoms with Gasteiger partial charge in [0.25, 0.3) is 0 Å². The van der Waals surface area contributed by atoms with E-state index < -0.39 is 0 Å². The molecule has 0 aliphatic heterocycles. The highest BCUT2D eigenvalue weighted by Gasteiger charge is 2.09. The smallest absolute Gasteiger partial charge is 0.192 e. The molecule has 1 heterocycles. The first kappa shape index (κ1) is 10.5. The van der Waals surface area contributed by atoms with Crippen molar-refractivity contribution in [3.63, 3.8) is 0 Å². The summed E-state index contributed by atoms with van der Waals surface area (Å²) in [4.78, 5) is 4.31. The fourth-order valence-electron chi connectivity index (χ4n) is 1.64. The van der Waals surface area contributed by atoms with Crippen LogP contribution in [0.15, 0.2) is 22.6 Å². The van der Waals surface area contributed by atoms with Crippen LogP contribution in [-0.4, -0.2) is 17.8 Å². The van der Waals surface area contributed by atoms with Crippen LogP contribution in [0.5, 0.6) is 0 Å². The van der Waals surface area contributed by atoms with Crippen molar-refractivity contribution in [1.82, 2.24) is 10.3 Å². The first-order chi connectivity index (χ1) is 7.24. The molecule has 0 fully saturated rings. The van der Waals surface area contributed by atoms with Crippen LogP contribution in [-0.2, 0) is 0 Å². The maximum atomic E-state index is 5.42. The van der Waals surface area contributed by atoms with E-state index in [1.54, 1.807) is 0 Å². The monoisotopic (exact) mass is 222 g/mol. The van der Waals surface area contributed by atoms with E-state index in [-0.39, 0.29) is 6.04 Å². The molecule has 2 rings (SSSR count). The average molecular weight is 222 g/mol. The van der Waals surface area contributed by atoms with Gasteiger partial charge in [0, 0.05) is 18.7 Å². The van der Waals surface area contributed by atoms with E-state index in [0.717, 1.165) is 16.9 Å². The van der Waals surface area contributed by atoms with Crippen LogP contribution in [0, 0.1) is 6.92 Å². The molecule has 1 aromatic heterocycles. The van der Waals surface area contributed by atoms with E-state index >= 15 is 0 Å². The molecule has 0 spiro atoms. The van der Waals surface area contributed by atoms with Gasteiger partial charge in [-0.2, -0.15) is 12.6 Å². The molecule has 1 N–H and O–H groups in total. The van der Waals surface area contributed by atoms with Gasteiger partial charge >= 0.3 is 0 Å². The SMILES string of the molecule is CNC(CS)c1ccc2oc(C)nc2c1. The molecule has 15 heavy (non-hydrogen) atoms. The largest absolute Gasteiger partial charge is 0.441 e. The summed E-state index contributed by atoms with van der Waals surface area (Å²) < 4.78 is 5.42. The van der Waals surface area contributed by atoms with Crippen molar-refractivity contribution >= 4 is 23.7 Å². The lowest BCUT2D eigenvalue weighted by Crippen LogP contribution is -2.17. The summed E-state index contributed by atoms with van der Waals surface area (Å²) >= 11 is 4.30. The Morgan fingerprint density at radius 1 is 1.53 bits per heavy atom. The summed E-state index contributed by atoms with van der Waals surface area (Å²) in [5.74, 6) is 1.47. The highest BCUT2D eigenvalue weighted by Crippen LogP contribution is 2.21. The number of aryl methyl sites for hydroxylation is 1. The van der Waals surface area contributed by atoms with Crippen LogP contribution in [0.4, 0.5) is 0 Å². The van der Waals surface area contributed by atoms with Crippen molar-refractivity contribution in [3.05, 3.63) is 29.7 Å². The van der Waals surface area contributed by atoms with Crippen LogP contribution >= 0.6 is 12.6 Å². The summed E-state index contributed by atoms with van der Waals surface area (Å²) in [6, 6.07) is 6.31. The minimum atomic E-state index is 0.259. The number of hydrogen-bond acceptors (Lipinski definition) is 4.